The molecule has 12 rings (SSSR count). The summed E-state index contributed by atoms with van der Waals surface area (Å²) in [6.45, 7) is 34.0. The Bertz CT molecular complexity index is 4190. The second-order valence-electron chi connectivity index (χ2n) is 28.1. The van der Waals surface area contributed by atoms with E-state index in [-0.39, 0.29) is 29.1 Å². The molecule has 4 unspecified atom stereocenters. The van der Waals surface area contributed by atoms with E-state index in [1.165, 1.54) is 98.0 Å². The third-order valence-electron chi connectivity index (χ3n) is 15.6. The van der Waals surface area contributed by atoms with Crippen LogP contribution in [0.3, 0.4) is 0 Å². The highest BCUT2D eigenvalue weighted by atomic mass is 35.5. The minimum atomic E-state index is -2.83. The Balaban J connectivity index is 0.000000639. The quantitative estimate of drug-likeness (QED) is 0.134. The molecule has 0 spiro atoms. The Morgan fingerprint density at radius 2 is 0.650 bits per heavy atom. The molecule has 0 aliphatic rings. The molecule has 6 heterocycles. The summed E-state index contributed by atoms with van der Waals surface area (Å²) in [7, 11) is 0. The van der Waals surface area contributed by atoms with Crippen LogP contribution in [0.2, 0.25) is 10.0 Å². The van der Waals surface area contributed by atoms with Gasteiger partial charge in [0.25, 0.3) is 23.7 Å². The fourth-order valence-electron chi connectivity index (χ4n) is 9.43. The number of nitrogens with zero attached hydrogens (tertiary/aromatic N) is 6. The lowest BCUT2D eigenvalue weighted by atomic mass is 10.1. The molecule has 0 aliphatic carbocycles. The maximum absolute atomic E-state index is 12.6. The van der Waals surface area contributed by atoms with Crippen molar-refractivity contribution in [2.45, 2.75) is 200 Å². The zero-order chi connectivity index (χ0) is 88.8. The lowest BCUT2D eigenvalue weighted by Gasteiger charge is -2.10. The van der Waals surface area contributed by atoms with Crippen molar-refractivity contribution < 1.29 is 57.1 Å². The van der Waals surface area contributed by atoms with Gasteiger partial charge in [-0.3, -0.25) is 29.9 Å². The lowest BCUT2D eigenvalue weighted by Crippen LogP contribution is -2.09. The first kappa shape index (κ1) is 105. The normalized spacial score (nSPS) is 11.5. The summed E-state index contributed by atoms with van der Waals surface area (Å²) >= 11 is 11.3. The van der Waals surface area contributed by atoms with Gasteiger partial charge in [-0.05, 0) is 247 Å². The van der Waals surface area contributed by atoms with Gasteiger partial charge in [-0.1, -0.05) is 178 Å². The molecule has 6 nitrogen and oxygen atoms in total. The zero-order valence-corrected chi connectivity index (χ0v) is 72.1. The second-order valence-corrected chi connectivity index (χ2v) is 29.0. The van der Waals surface area contributed by atoms with Gasteiger partial charge in [-0.15, -0.1) is 0 Å². The van der Waals surface area contributed by atoms with Crippen LogP contribution < -0.4 is 0 Å². The standard InChI is InChI=1S/C9H10F2.C9H11F.3C8H9F2N.3C8H10FN.C8H9F.C8H10.2C7H7Cl/c1-7-4-3-5-8(6-7)9(2,10)11;1-7-4-3-5-9(6-7)8(2)10;1-6-3-7(5-11-4-6)8(2,9)10;1-6-5-7(3-4-11-6)8(2,9)10;1-6-3-4-11-7(5-6)8(2,9)10;1-6-3-8(7(2)9)5-10-4-6;1-6-5-8(7(2)9)3-4-10-6;1-6-3-4-10-8(5-6)7(2)9;1-7-3-2-4-8(5-7)6-9;1-7-4-3-5-8(2)6-7;2*1-6-3-2-4-7(8)5-6/h3-6H,1-2H3;3-6,8H,1-2H3;3*3-5H,1-2H3;3*3-5,7H,1-2H3;2-5H,6H2,1H3;3-6H,1-2H3;2*2-5H,1H3. The molecule has 0 bridgehead atoms. The molecule has 0 saturated heterocycles. The summed E-state index contributed by atoms with van der Waals surface area (Å²) in [4.78, 5) is 22.7. The summed E-state index contributed by atoms with van der Waals surface area (Å²) in [5, 5.41) is 1.62. The van der Waals surface area contributed by atoms with E-state index >= 15 is 0 Å². The molecule has 21 heteroatoms. The molecular formula is C96H111Cl2F13N6. The topological polar surface area (TPSA) is 77.3 Å². The first-order valence-electron chi connectivity index (χ1n) is 37.3. The van der Waals surface area contributed by atoms with E-state index < -0.39 is 48.4 Å². The summed E-state index contributed by atoms with van der Waals surface area (Å²) in [5.74, 6) is -11.1. The highest BCUT2D eigenvalue weighted by Crippen LogP contribution is 2.30. The van der Waals surface area contributed by atoms with Gasteiger partial charge in [0.2, 0.25) is 0 Å². The van der Waals surface area contributed by atoms with Crippen molar-refractivity contribution in [3.05, 3.63) is 389 Å². The smallest absolute Gasteiger partial charge is 0.264 e. The van der Waals surface area contributed by atoms with Crippen LogP contribution in [-0.2, 0) is 30.4 Å². The Morgan fingerprint density at radius 1 is 0.291 bits per heavy atom. The van der Waals surface area contributed by atoms with Crippen LogP contribution in [0.15, 0.2) is 256 Å². The van der Waals surface area contributed by atoms with E-state index in [9.17, 15) is 57.1 Å². The molecule has 12 aromatic rings. The van der Waals surface area contributed by atoms with Gasteiger partial charge in [0.1, 0.15) is 37.1 Å². The molecule has 0 N–H and O–H groups in total. The predicted molar refractivity (Wildman–Crippen MR) is 457 cm³/mol. The third-order valence-corrected chi connectivity index (χ3v) is 16.1. The van der Waals surface area contributed by atoms with Gasteiger partial charge in [-0.2, -0.15) is 8.78 Å². The first-order chi connectivity index (χ1) is 54.5. The van der Waals surface area contributed by atoms with Crippen LogP contribution in [0.25, 0.3) is 0 Å². The largest absolute Gasteiger partial charge is 0.286 e. The van der Waals surface area contributed by atoms with E-state index in [1.54, 1.807) is 120 Å². The number of aryl methyl sites for hydroxylation is 13. The van der Waals surface area contributed by atoms with Crippen molar-refractivity contribution in [1.82, 2.24) is 29.9 Å². The molecule has 0 radical (unpaired) electrons. The molecule has 0 fully saturated rings. The Kier molecular flexibility index (Phi) is 48.4. The summed E-state index contributed by atoms with van der Waals surface area (Å²) in [5.41, 5.74) is 16.6. The van der Waals surface area contributed by atoms with Crippen LogP contribution in [0.5, 0.6) is 0 Å². The highest BCUT2D eigenvalue weighted by molar-refractivity contribution is 6.30. The Morgan fingerprint density at radius 3 is 0.940 bits per heavy atom. The maximum atomic E-state index is 12.6. The lowest BCUT2D eigenvalue weighted by molar-refractivity contribution is 0.0125. The average Bonchev–Trinajstić information content (AvgIpc) is 0.869. The van der Waals surface area contributed by atoms with Gasteiger partial charge < -0.3 is 0 Å². The van der Waals surface area contributed by atoms with Crippen LogP contribution in [-0.4, -0.2) is 29.9 Å². The monoisotopic (exact) mass is 1660 g/mol. The van der Waals surface area contributed by atoms with E-state index in [1.807, 2.05) is 139 Å². The van der Waals surface area contributed by atoms with Crippen LogP contribution >= 0.6 is 23.2 Å². The third kappa shape index (κ3) is 49.5. The second kappa shape index (κ2) is 54.0. The van der Waals surface area contributed by atoms with E-state index in [2.05, 4.69) is 68.0 Å². The highest BCUT2D eigenvalue weighted by Gasteiger charge is 2.27. The number of halogens is 15. The predicted octanol–water partition coefficient (Wildman–Crippen LogP) is 31.0. The molecule has 0 amide bonds. The number of aromatic nitrogens is 6. The molecule has 4 atom stereocenters. The summed E-state index contributed by atoms with van der Waals surface area (Å²) in [6, 6.07) is 61.4. The van der Waals surface area contributed by atoms with Crippen LogP contribution in [0.4, 0.5) is 57.1 Å². The van der Waals surface area contributed by atoms with Gasteiger partial charge in [0, 0.05) is 121 Å². The molecule has 0 aliphatic heterocycles. The van der Waals surface area contributed by atoms with Crippen molar-refractivity contribution in [2.75, 3.05) is 0 Å². The number of hydrogen-bond donors (Lipinski definition) is 0. The first-order valence-corrected chi connectivity index (χ1v) is 38.1. The molecule has 6 aromatic heterocycles. The summed E-state index contributed by atoms with van der Waals surface area (Å²) < 4.78 is 163. The fraction of sp³-hybridized carbons (Fsp3) is 0.312. The average molecular weight is 1670 g/mol. The van der Waals surface area contributed by atoms with Gasteiger partial charge in [0.15, 0.2) is 0 Å². The number of pyridine rings is 6. The molecule has 117 heavy (non-hydrogen) atoms. The Hall–Kier alpha value is -10.1. The number of benzene rings is 6. The van der Waals surface area contributed by atoms with E-state index in [0.717, 1.165) is 93.5 Å². The van der Waals surface area contributed by atoms with Crippen molar-refractivity contribution in [2.24, 2.45) is 0 Å². The van der Waals surface area contributed by atoms with Crippen molar-refractivity contribution in [3.63, 3.8) is 0 Å². The van der Waals surface area contributed by atoms with Crippen molar-refractivity contribution >= 4 is 23.2 Å². The molecule has 6 aromatic carbocycles. The maximum Gasteiger partial charge on any atom is 0.286 e. The number of hydrogen-bond acceptors (Lipinski definition) is 6. The molecular weight excluding hydrogens is 1550 g/mol. The minimum absolute atomic E-state index is 0.0185. The molecule has 0 saturated carbocycles. The Labute approximate surface area is 695 Å². The van der Waals surface area contributed by atoms with Crippen LogP contribution in [0.1, 0.15) is 203 Å². The molecule has 630 valence electrons. The van der Waals surface area contributed by atoms with Gasteiger partial charge >= 0.3 is 0 Å². The van der Waals surface area contributed by atoms with E-state index in [0.29, 0.717) is 22.5 Å². The fourth-order valence-corrected chi connectivity index (χ4v) is 9.92. The van der Waals surface area contributed by atoms with Gasteiger partial charge in [-0.25, -0.2) is 48.3 Å². The van der Waals surface area contributed by atoms with E-state index in [4.69, 9.17) is 23.2 Å². The minimum Gasteiger partial charge on any atom is -0.264 e. The summed E-state index contributed by atoms with van der Waals surface area (Å²) in [6.07, 6.45) is 8.44. The zero-order valence-electron chi connectivity index (χ0n) is 70.6. The SMILES string of the molecule is Cc1cc(C(C)(F)F)ccn1.Cc1cc(C(C)F)ccn1.Cc1cccc(C(C)(F)F)c1.Cc1cccc(C(C)F)c1.Cc1cccc(C)c1.Cc1cccc(CF)c1.Cc1cccc(Cl)c1.Cc1cccc(Cl)c1.Cc1ccnc(C(C)(F)F)c1.Cc1ccnc(C(C)F)c1.Cc1cncc(C(C)(F)F)c1.Cc1cncc(C(C)F)c1. The number of rotatable bonds is 9. The van der Waals surface area contributed by atoms with Crippen molar-refractivity contribution in [1.29, 1.82) is 0 Å². The van der Waals surface area contributed by atoms with Crippen LogP contribution in [0, 0.1) is 90.0 Å². The number of alkyl halides is 13. The van der Waals surface area contributed by atoms with Crippen molar-refractivity contribution in [3.8, 4) is 0 Å². The van der Waals surface area contributed by atoms with Gasteiger partial charge in [0.05, 0.1) is 5.69 Å².